The van der Waals surface area contributed by atoms with Gasteiger partial charge in [0.2, 0.25) is 0 Å². The number of esters is 2. The summed E-state index contributed by atoms with van der Waals surface area (Å²) in [5.74, 6) is 0.139. The van der Waals surface area contributed by atoms with Gasteiger partial charge in [0.1, 0.15) is 22.9 Å². The zero-order valence-corrected chi connectivity index (χ0v) is 34.5. The number of carbonyl (C=O) groups excluding carboxylic acids is 4. The van der Waals surface area contributed by atoms with Crippen molar-refractivity contribution in [1.82, 2.24) is 30.6 Å². The van der Waals surface area contributed by atoms with Crippen LogP contribution in [0.1, 0.15) is 107 Å². The van der Waals surface area contributed by atoms with Crippen molar-refractivity contribution in [3.8, 4) is 33.6 Å². The van der Waals surface area contributed by atoms with E-state index in [-0.39, 0.29) is 13.2 Å². The number of carbonyl (C=O) groups is 4. The number of nitrogens with zero attached hydrogens (tertiary/aromatic N) is 2. The van der Waals surface area contributed by atoms with Crippen LogP contribution in [0.15, 0.2) is 60.9 Å². The fraction of sp³-hybridized carbons (Fsp3) is 0.476. The summed E-state index contributed by atoms with van der Waals surface area (Å²) in [7, 11) is 0. The average Bonchev–Trinajstić information content (AvgIpc) is 3.77. The van der Waals surface area contributed by atoms with Crippen molar-refractivity contribution in [2.45, 2.75) is 106 Å². The first-order valence-corrected chi connectivity index (χ1v) is 18.5. The molecular weight excluding hydrogens is 716 g/mol. The van der Waals surface area contributed by atoms with Crippen LogP contribution in [-0.4, -0.2) is 68.5 Å². The number of alkyl carbamates (subject to hydrolysis) is 2. The maximum atomic E-state index is 12.8. The van der Waals surface area contributed by atoms with Crippen molar-refractivity contribution in [3.05, 3.63) is 72.6 Å². The van der Waals surface area contributed by atoms with Gasteiger partial charge in [-0.2, -0.15) is 0 Å². The van der Waals surface area contributed by atoms with Gasteiger partial charge in [0, 0.05) is 48.2 Å². The highest BCUT2D eigenvalue weighted by molar-refractivity contribution is 5.72. The molecule has 0 aliphatic carbocycles. The normalized spacial score (nSPS) is 13.3. The summed E-state index contributed by atoms with van der Waals surface area (Å²) in [6.07, 6.45) is 2.32. The van der Waals surface area contributed by atoms with E-state index in [1.54, 1.807) is 53.9 Å². The lowest BCUT2D eigenvalue weighted by molar-refractivity contribution is -0.145. The Labute approximate surface area is 328 Å². The van der Waals surface area contributed by atoms with Crippen molar-refractivity contribution >= 4 is 24.1 Å². The van der Waals surface area contributed by atoms with Gasteiger partial charge >= 0.3 is 24.1 Å². The molecule has 2 aromatic heterocycles. The SMILES string of the molecule is CC(=O)OCC(C)(C)[C@H](NC(=O)OC(C)(C)C)c1nc(-c2ccc(-c3ccc(-c4c[nH]c([C@@H](NC(=O)OC(C)(C)C)C(C)(C)COC(C)=O)n4)cc3)cc2)c[nH]1. The van der Waals surface area contributed by atoms with Crippen LogP contribution in [0, 0.1) is 10.8 Å². The molecule has 0 unspecified atom stereocenters. The molecule has 4 N–H and O–H groups in total. The highest BCUT2D eigenvalue weighted by atomic mass is 16.6. The summed E-state index contributed by atoms with van der Waals surface area (Å²) < 4.78 is 21.7. The number of amides is 2. The predicted molar refractivity (Wildman–Crippen MR) is 212 cm³/mol. The standard InChI is InChI=1S/C42H56N6O8/c1-25(49)53-23-41(9,10)33(47-37(51)55-39(3,4)5)35-43-21-31(45-35)29-17-13-27(14-18-29)28-15-19-30(20-16-28)32-22-44-36(46-32)34(42(11,12)24-54-26(2)50)48-38(52)56-40(6,7)8/h13-22,33-34H,23-24H2,1-12H3,(H,43,45)(H,44,46)(H,47,51)(H,48,52)/t33-,34-/m1/s1. The zero-order valence-electron chi connectivity index (χ0n) is 34.5. The van der Waals surface area contributed by atoms with Crippen molar-refractivity contribution in [2.24, 2.45) is 10.8 Å². The minimum Gasteiger partial charge on any atom is -0.465 e. The fourth-order valence-electron chi connectivity index (χ4n) is 5.79. The van der Waals surface area contributed by atoms with Crippen LogP contribution < -0.4 is 10.6 Å². The number of aromatic nitrogens is 4. The Bertz CT molecular complexity index is 1840. The third-order valence-electron chi connectivity index (χ3n) is 8.62. The second-order valence-corrected chi connectivity index (χ2v) is 17.2. The molecule has 0 aliphatic rings. The summed E-state index contributed by atoms with van der Waals surface area (Å²) >= 11 is 0. The van der Waals surface area contributed by atoms with Crippen molar-refractivity contribution < 1.29 is 38.1 Å². The summed E-state index contributed by atoms with van der Waals surface area (Å²) in [5.41, 5.74) is 2.16. The molecule has 14 nitrogen and oxygen atoms in total. The summed E-state index contributed by atoms with van der Waals surface area (Å²) in [6, 6.07) is 14.6. The van der Waals surface area contributed by atoms with E-state index in [9.17, 15) is 19.2 Å². The van der Waals surface area contributed by atoms with E-state index in [0.717, 1.165) is 22.3 Å². The average molecular weight is 773 g/mol. The molecule has 14 heteroatoms. The lowest BCUT2D eigenvalue weighted by Gasteiger charge is -2.33. The highest BCUT2D eigenvalue weighted by Crippen LogP contribution is 2.36. The predicted octanol–water partition coefficient (Wildman–Crippen LogP) is 8.44. The van der Waals surface area contributed by atoms with Gasteiger partial charge in [-0.1, -0.05) is 76.2 Å². The number of hydrogen-bond acceptors (Lipinski definition) is 10. The molecule has 0 saturated heterocycles. The molecule has 0 fully saturated rings. The monoisotopic (exact) mass is 772 g/mol. The maximum absolute atomic E-state index is 12.8. The molecule has 0 radical (unpaired) electrons. The van der Waals surface area contributed by atoms with Crippen molar-refractivity contribution in [2.75, 3.05) is 13.2 Å². The van der Waals surface area contributed by atoms with E-state index in [0.29, 0.717) is 23.0 Å². The molecule has 4 rings (SSSR count). The Morgan fingerprint density at radius 2 is 0.857 bits per heavy atom. The van der Waals surface area contributed by atoms with Crippen LogP contribution in [0.2, 0.25) is 0 Å². The van der Waals surface area contributed by atoms with Crippen LogP contribution >= 0.6 is 0 Å². The van der Waals surface area contributed by atoms with Gasteiger partial charge in [-0.25, -0.2) is 19.6 Å². The van der Waals surface area contributed by atoms with E-state index < -0.39 is 58.2 Å². The summed E-state index contributed by atoms with van der Waals surface area (Å²) in [6.45, 7) is 21.0. The number of rotatable bonds is 13. The third-order valence-corrected chi connectivity index (χ3v) is 8.62. The number of benzene rings is 2. The lowest BCUT2D eigenvalue weighted by atomic mass is 9.84. The molecule has 0 bridgehead atoms. The molecule has 2 heterocycles. The number of nitrogens with one attached hydrogen (secondary N) is 4. The molecule has 0 aliphatic heterocycles. The van der Waals surface area contributed by atoms with E-state index in [4.69, 9.17) is 28.9 Å². The molecule has 56 heavy (non-hydrogen) atoms. The van der Waals surface area contributed by atoms with Crippen molar-refractivity contribution in [1.29, 1.82) is 0 Å². The first-order valence-electron chi connectivity index (χ1n) is 18.5. The van der Waals surface area contributed by atoms with E-state index in [2.05, 4.69) is 20.6 Å². The van der Waals surface area contributed by atoms with Crippen LogP contribution in [0.3, 0.4) is 0 Å². The minimum absolute atomic E-state index is 0.0509. The topological polar surface area (TPSA) is 187 Å². The van der Waals surface area contributed by atoms with Gasteiger partial charge in [0.25, 0.3) is 0 Å². The van der Waals surface area contributed by atoms with Crippen LogP contribution in [0.5, 0.6) is 0 Å². The Hall–Kier alpha value is -5.66. The number of ether oxygens (including phenoxy) is 4. The van der Waals surface area contributed by atoms with Gasteiger partial charge in [0.05, 0.1) is 36.7 Å². The number of H-pyrrole nitrogens is 2. The van der Waals surface area contributed by atoms with Gasteiger partial charge in [-0.3, -0.25) is 9.59 Å². The molecule has 0 spiro atoms. The van der Waals surface area contributed by atoms with Crippen molar-refractivity contribution in [3.63, 3.8) is 0 Å². The fourth-order valence-corrected chi connectivity index (χ4v) is 5.79. The minimum atomic E-state index is -0.730. The zero-order chi connectivity index (χ0) is 41.6. The van der Waals surface area contributed by atoms with Gasteiger partial charge in [0.15, 0.2) is 0 Å². The molecule has 2 aromatic carbocycles. The number of aromatic amines is 2. The molecular formula is C42H56N6O8. The molecule has 4 aromatic rings. The molecule has 302 valence electrons. The Balaban J connectivity index is 1.53. The Morgan fingerprint density at radius 1 is 0.554 bits per heavy atom. The molecule has 0 saturated carbocycles. The number of hydrogen-bond donors (Lipinski definition) is 4. The van der Waals surface area contributed by atoms with E-state index in [1.165, 1.54) is 13.8 Å². The first kappa shape index (κ1) is 43.1. The number of imidazole rings is 2. The third kappa shape index (κ3) is 12.2. The Kier molecular flexibility index (Phi) is 13.1. The largest absolute Gasteiger partial charge is 0.465 e. The van der Waals surface area contributed by atoms with E-state index >= 15 is 0 Å². The quantitative estimate of drug-likeness (QED) is 0.0759. The summed E-state index contributed by atoms with van der Waals surface area (Å²) in [4.78, 5) is 65.0. The lowest BCUT2D eigenvalue weighted by Crippen LogP contribution is -2.43. The van der Waals surface area contributed by atoms with Crippen LogP contribution in [0.25, 0.3) is 33.6 Å². The molecule has 2 atom stereocenters. The maximum Gasteiger partial charge on any atom is 0.408 e. The Morgan fingerprint density at radius 3 is 1.14 bits per heavy atom. The van der Waals surface area contributed by atoms with Gasteiger partial charge < -0.3 is 39.5 Å². The smallest absolute Gasteiger partial charge is 0.408 e. The summed E-state index contributed by atoms with van der Waals surface area (Å²) in [5, 5.41) is 5.82. The van der Waals surface area contributed by atoms with Crippen LogP contribution in [0.4, 0.5) is 9.59 Å². The first-order chi connectivity index (χ1) is 25.9. The van der Waals surface area contributed by atoms with Gasteiger partial charge in [-0.15, -0.1) is 0 Å². The highest BCUT2D eigenvalue weighted by Gasteiger charge is 2.38. The van der Waals surface area contributed by atoms with Crippen LogP contribution in [-0.2, 0) is 28.5 Å². The molecule has 2 amide bonds. The van der Waals surface area contributed by atoms with Gasteiger partial charge in [-0.05, 0) is 52.7 Å². The van der Waals surface area contributed by atoms with E-state index in [1.807, 2.05) is 76.2 Å². The second kappa shape index (κ2) is 17.0. The second-order valence-electron chi connectivity index (χ2n) is 17.2.